The van der Waals surface area contributed by atoms with Crippen LogP contribution in [0.2, 0.25) is 5.02 Å². The van der Waals surface area contributed by atoms with Gasteiger partial charge in [0.1, 0.15) is 23.1 Å². The van der Waals surface area contributed by atoms with Crippen LogP contribution in [0.25, 0.3) is 0 Å². The number of aromatic nitrogens is 1. The zero-order chi connectivity index (χ0) is 18.5. The Labute approximate surface area is 153 Å². The number of nitrogens with one attached hydrogen (secondary N) is 2. The smallest absolute Gasteiger partial charge is 0.229 e. The van der Waals surface area contributed by atoms with E-state index in [0.29, 0.717) is 16.5 Å². The molecule has 7 heteroatoms. The van der Waals surface area contributed by atoms with Gasteiger partial charge in [-0.2, -0.15) is 0 Å². The molecule has 26 heavy (non-hydrogen) atoms. The first-order chi connectivity index (χ1) is 12.5. The number of pyridine rings is 1. The van der Waals surface area contributed by atoms with Gasteiger partial charge in [-0.25, -0.2) is 13.8 Å². The second kappa shape index (κ2) is 7.93. The summed E-state index contributed by atoms with van der Waals surface area (Å²) in [6, 6.07) is 13.7. The van der Waals surface area contributed by atoms with Crippen LogP contribution < -0.4 is 10.6 Å². The predicted molar refractivity (Wildman–Crippen MR) is 97.7 cm³/mol. The fraction of sp³-hybridized carbons (Fsp3) is 0.0526. The van der Waals surface area contributed by atoms with Gasteiger partial charge >= 0.3 is 0 Å². The number of para-hydroxylation sites is 1. The monoisotopic (exact) mass is 373 g/mol. The summed E-state index contributed by atoms with van der Waals surface area (Å²) in [6.45, 7) is 0. The van der Waals surface area contributed by atoms with E-state index in [-0.39, 0.29) is 18.0 Å². The number of anilines is 3. The lowest BCUT2D eigenvalue weighted by Gasteiger charge is -2.09. The average Bonchev–Trinajstić information content (AvgIpc) is 2.62. The fourth-order valence-corrected chi connectivity index (χ4v) is 2.40. The van der Waals surface area contributed by atoms with Crippen LogP contribution in [0, 0.1) is 11.6 Å². The zero-order valence-corrected chi connectivity index (χ0v) is 14.2. The molecule has 0 bridgehead atoms. The molecule has 3 rings (SSSR count). The van der Waals surface area contributed by atoms with Gasteiger partial charge in [0.25, 0.3) is 0 Å². The molecule has 132 valence electrons. The average molecular weight is 374 g/mol. The first-order valence-corrected chi connectivity index (χ1v) is 8.10. The van der Waals surface area contributed by atoms with Crippen molar-refractivity contribution < 1.29 is 13.6 Å². The number of amides is 1. The second-order valence-corrected chi connectivity index (χ2v) is 5.94. The van der Waals surface area contributed by atoms with Gasteiger partial charge in [-0.05, 0) is 42.0 Å². The van der Waals surface area contributed by atoms with Crippen LogP contribution >= 0.6 is 11.6 Å². The molecule has 1 amide bonds. The molecule has 0 aliphatic carbocycles. The highest BCUT2D eigenvalue weighted by atomic mass is 35.5. The van der Waals surface area contributed by atoms with Gasteiger partial charge in [-0.15, -0.1) is 0 Å². The molecule has 0 spiro atoms. The third kappa shape index (κ3) is 4.55. The molecule has 0 saturated carbocycles. The lowest BCUT2D eigenvalue weighted by Crippen LogP contribution is -2.15. The van der Waals surface area contributed by atoms with E-state index in [1.54, 1.807) is 36.4 Å². The predicted octanol–water partition coefficient (Wildman–Crippen LogP) is 4.94. The Balaban J connectivity index is 1.62. The minimum absolute atomic E-state index is 0.180. The van der Waals surface area contributed by atoms with Gasteiger partial charge in [0.15, 0.2) is 0 Å². The summed E-state index contributed by atoms with van der Waals surface area (Å²) in [5.74, 6) is -1.31. The molecule has 0 aliphatic heterocycles. The highest BCUT2D eigenvalue weighted by molar-refractivity contribution is 6.30. The second-order valence-electron chi connectivity index (χ2n) is 5.51. The molecule has 0 saturated heterocycles. The molecule has 0 unspecified atom stereocenters. The van der Waals surface area contributed by atoms with Gasteiger partial charge in [-0.1, -0.05) is 29.8 Å². The van der Waals surface area contributed by atoms with Gasteiger partial charge in [0.2, 0.25) is 5.91 Å². The Morgan fingerprint density at radius 2 is 1.69 bits per heavy atom. The quantitative estimate of drug-likeness (QED) is 0.666. The summed E-state index contributed by atoms with van der Waals surface area (Å²) in [4.78, 5) is 16.1. The molecule has 0 radical (unpaired) electrons. The molecule has 0 fully saturated rings. The molecule has 1 heterocycles. The zero-order valence-electron chi connectivity index (χ0n) is 13.5. The maximum absolute atomic E-state index is 13.6. The van der Waals surface area contributed by atoms with Crippen LogP contribution in [0.15, 0.2) is 60.8 Å². The molecule has 2 aromatic carbocycles. The first-order valence-electron chi connectivity index (χ1n) is 7.72. The summed E-state index contributed by atoms with van der Waals surface area (Å²) in [5, 5.41) is 5.89. The summed E-state index contributed by atoms with van der Waals surface area (Å²) in [6.07, 6.45) is 1.56. The van der Waals surface area contributed by atoms with Gasteiger partial charge in [-0.3, -0.25) is 4.79 Å². The number of hydrogen-bond acceptors (Lipinski definition) is 3. The van der Waals surface area contributed by atoms with E-state index in [2.05, 4.69) is 15.6 Å². The van der Waals surface area contributed by atoms with Crippen molar-refractivity contribution in [2.45, 2.75) is 6.42 Å². The van der Waals surface area contributed by atoms with E-state index in [4.69, 9.17) is 11.6 Å². The third-order valence-electron chi connectivity index (χ3n) is 3.54. The summed E-state index contributed by atoms with van der Waals surface area (Å²) in [5.41, 5.74) is 0.957. The van der Waals surface area contributed by atoms with Crippen molar-refractivity contribution in [1.29, 1.82) is 0 Å². The Kier molecular flexibility index (Phi) is 5.43. The van der Waals surface area contributed by atoms with Crippen molar-refractivity contribution in [3.63, 3.8) is 0 Å². The molecule has 1 aromatic heterocycles. The van der Waals surface area contributed by atoms with E-state index in [9.17, 15) is 13.6 Å². The lowest BCUT2D eigenvalue weighted by atomic mass is 10.1. The van der Waals surface area contributed by atoms with Crippen molar-refractivity contribution in [2.75, 3.05) is 10.6 Å². The molecule has 3 aromatic rings. The van der Waals surface area contributed by atoms with E-state index in [0.717, 1.165) is 17.7 Å². The van der Waals surface area contributed by atoms with Gasteiger partial charge < -0.3 is 10.6 Å². The maximum Gasteiger partial charge on any atom is 0.229 e. The SMILES string of the molecule is O=C(Cc1ccc(Cl)cc1)Nc1ccc(Nc2c(F)cccc2F)cn1. The Bertz CT molecular complexity index is 895. The molecule has 0 atom stereocenters. The summed E-state index contributed by atoms with van der Waals surface area (Å²) in [7, 11) is 0. The van der Waals surface area contributed by atoms with E-state index >= 15 is 0 Å². The number of carbonyl (C=O) groups excluding carboxylic acids is 1. The summed E-state index contributed by atoms with van der Waals surface area (Å²) >= 11 is 5.81. The van der Waals surface area contributed by atoms with Crippen molar-refractivity contribution in [3.8, 4) is 0 Å². The van der Waals surface area contributed by atoms with Gasteiger partial charge in [0, 0.05) is 5.02 Å². The normalized spacial score (nSPS) is 10.4. The highest BCUT2D eigenvalue weighted by Gasteiger charge is 2.09. The number of hydrogen-bond donors (Lipinski definition) is 2. The van der Waals surface area contributed by atoms with Crippen LogP contribution in [-0.4, -0.2) is 10.9 Å². The first kappa shape index (κ1) is 17.8. The van der Waals surface area contributed by atoms with Crippen molar-refractivity contribution in [1.82, 2.24) is 4.98 Å². The molecular weight excluding hydrogens is 360 g/mol. The fourth-order valence-electron chi connectivity index (χ4n) is 2.28. The maximum atomic E-state index is 13.6. The molecule has 0 aliphatic rings. The van der Waals surface area contributed by atoms with Crippen LogP contribution in [0.5, 0.6) is 0 Å². The minimum atomic E-state index is -0.703. The highest BCUT2D eigenvalue weighted by Crippen LogP contribution is 2.23. The van der Waals surface area contributed by atoms with Crippen molar-refractivity contribution in [3.05, 3.63) is 83.0 Å². The number of nitrogens with zero attached hydrogens (tertiary/aromatic N) is 1. The van der Waals surface area contributed by atoms with E-state index in [1.165, 1.54) is 12.3 Å². The number of carbonyl (C=O) groups is 1. The van der Waals surface area contributed by atoms with Crippen LogP contribution in [0.1, 0.15) is 5.56 Å². The molecule has 2 N–H and O–H groups in total. The largest absolute Gasteiger partial charge is 0.349 e. The Hall–Kier alpha value is -2.99. The minimum Gasteiger partial charge on any atom is -0.349 e. The van der Waals surface area contributed by atoms with Crippen LogP contribution in [0.4, 0.5) is 26.0 Å². The number of benzene rings is 2. The van der Waals surface area contributed by atoms with Crippen LogP contribution in [-0.2, 0) is 11.2 Å². The van der Waals surface area contributed by atoms with Crippen molar-refractivity contribution >= 4 is 34.7 Å². The number of rotatable bonds is 5. The van der Waals surface area contributed by atoms with E-state index in [1.807, 2.05) is 0 Å². The van der Waals surface area contributed by atoms with E-state index < -0.39 is 11.6 Å². The Morgan fingerprint density at radius 1 is 1.00 bits per heavy atom. The lowest BCUT2D eigenvalue weighted by molar-refractivity contribution is -0.115. The topological polar surface area (TPSA) is 54.0 Å². The van der Waals surface area contributed by atoms with Gasteiger partial charge in [0.05, 0.1) is 18.3 Å². The molecular formula is C19H14ClF2N3O. The molecule has 4 nitrogen and oxygen atoms in total. The summed E-state index contributed by atoms with van der Waals surface area (Å²) < 4.78 is 27.3. The van der Waals surface area contributed by atoms with Crippen LogP contribution in [0.3, 0.4) is 0 Å². The van der Waals surface area contributed by atoms with Crippen molar-refractivity contribution in [2.24, 2.45) is 0 Å². The standard InChI is InChI=1S/C19H14ClF2N3O/c20-13-6-4-12(5-7-13)10-18(26)25-17-9-8-14(11-23-17)24-19-15(21)2-1-3-16(19)22/h1-9,11,24H,10H2,(H,23,25,26). The third-order valence-corrected chi connectivity index (χ3v) is 3.79. The number of halogens is 3. The Morgan fingerprint density at radius 3 is 2.31 bits per heavy atom.